The van der Waals surface area contributed by atoms with Crippen LogP contribution >= 0.6 is 15.9 Å². The van der Waals surface area contributed by atoms with Gasteiger partial charge in [-0.25, -0.2) is 4.39 Å². The van der Waals surface area contributed by atoms with E-state index in [1.165, 1.54) is 0 Å². The molecule has 1 fully saturated rings. The average molecular weight is 470 g/mol. The van der Waals surface area contributed by atoms with Gasteiger partial charge in [0, 0.05) is 46.6 Å². The number of para-hydroxylation sites is 1. The molecule has 1 aliphatic carbocycles. The standard InChI is InChI=1S/C24H21BrFNO3/c1-29-21-9-7-17(23-18-4-2-3-5-20(18)30-24(21)23)14-11-22(28)27(12-14)13-15-10-16(25)6-8-19(15)26/h2-5,7-10,14,16H,6,11-13H2,1H3. The van der Waals surface area contributed by atoms with E-state index in [9.17, 15) is 9.18 Å². The normalized spacial score (nSPS) is 22.0. The number of hydrogen-bond donors (Lipinski definition) is 0. The number of carbonyl (C=O) groups excluding carboxylic acids is 1. The second-order valence-electron chi connectivity index (χ2n) is 7.83. The number of nitrogens with zero attached hydrogens (tertiary/aromatic N) is 1. The maximum Gasteiger partial charge on any atom is 0.223 e. The van der Waals surface area contributed by atoms with Crippen molar-refractivity contribution in [2.24, 2.45) is 0 Å². The van der Waals surface area contributed by atoms with E-state index in [2.05, 4.69) is 15.9 Å². The summed E-state index contributed by atoms with van der Waals surface area (Å²) in [7, 11) is 1.62. The molecule has 1 aliphatic heterocycles. The molecule has 6 heteroatoms. The molecule has 1 aromatic heterocycles. The summed E-state index contributed by atoms with van der Waals surface area (Å²) in [6.45, 7) is 0.850. The zero-order valence-corrected chi connectivity index (χ0v) is 18.1. The fraction of sp³-hybridized carbons (Fsp3) is 0.292. The smallest absolute Gasteiger partial charge is 0.223 e. The number of furan rings is 1. The second kappa shape index (κ2) is 7.58. The molecule has 2 atom stereocenters. The molecule has 4 nitrogen and oxygen atoms in total. The van der Waals surface area contributed by atoms with E-state index in [0.717, 1.165) is 21.9 Å². The van der Waals surface area contributed by atoms with Crippen molar-refractivity contribution in [1.82, 2.24) is 4.90 Å². The Morgan fingerprint density at radius 3 is 2.93 bits per heavy atom. The molecule has 0 spiro atoms. The van der Waals surface area contributed by atoms with Crippen molar-refractivity contribution in [3.05, 3.63) is 65.5 Å². The van der Waals surface area contributed by atoms with Gasteiger partial charge in [0.05, 0.1) is 7.11 Å². The Balaban J connectivity index is 1.51. The molecular formula is C24H21BrFNO3. The van der Waals surface area contributed by atoms with Crippen molar-refractivity contribution in [3.63, 3.8) is 0 Å². The molecule has 0 bridgehead atoms. The van der Waals surface area contributed by atoms with E-state index in [0.29, 0.717) is 42.8 Å². The number of hydrogen-bond acceptors (Lipinski definition) is 3. The van der Waals surface area contributed by atoms with E-state index in [-0.39, 0.29) is 22.5 Å². The highest BCUT2D eigenvalue weighted by Gasteiger charge is 2.34. The maximum atomic E-state index is 14.3. The molecule has 0 N–H and O–H groups in total. The van der Waals surface area contributed by atoms with Gasteiger partial charge in [0.25, 0.3) is 0 Å². The van der Waals surface area contributed by atoms with Crippen molar-refractivity contribution < 1.29 is 18.3 Å². The third kappa shape index (κ3) is 3.23. The van der Waals surface area contributed by atoms with Crippen LogP contribution in [-0.2, 0) is 4.79 Å². The van der Waals surface area contributed by atoms with Crippen LogP contribution in [0, 0.1) is 0 Å². The summed E-state index contributed by atoms with van der Waals surface area (Å²) in [5, 5.41) is 2.01. The lowest BCUT2D eigenvalue weighted by Crippen LogP contribution is -2.28. The van der Waals surface area contributed by atoms with Crippen molar-refractivity contribution >= 4 is 43.8 Å². The number of methoxy groups -OCH3 is 1. The Labute approximate surface area is 182 Å². The van der Waals surface area contributed by atoms with Crippen LogP contribution < -0.4 is 4.74 Å². The quantitative estimate of drug-likeness (QED) is 0.449. The van der Waals surface area contributed by atoms with Crippen molar-refractivity contribution in [2.45, 2.75) is 23.6 Å². The number of likely N-dealkylation sites (tertiary alicyclic amines) is 1. The first kappa shape index (κ1) is 19.4. The van der Waals surface area contributed by atoms with Gasteiger partial charge in [-0.3, -0.25) is 4.79 Å². The first-order valence-corrected chi connectivity index (χ1v) is 10.9. The van der Waals surface area contributed by atoms with E-state index in [1.54, 1.807) is 18.1 Å². The van der Waals surface area contributed by atoms with Crippen LogP contribution in [-0.4, -0.2) is 35.8 Å². The monoisotopic (exact) mass is 469 g/mol. The Morgan fingerprint density at radius 1 is 1.27 bits per heavy atom. The minimum absolute atomic E-state index is 0.0166. The van der Waals surface area contributed by atoms with E-state index in [4.69, 9.17) is 9.15 Å². The molecule has 0 saturated carbocycles. The van der Waals surface area contributed by atoms with Gasteiger partial charge >= 0.3 is 0 Å². The molecular weight excluding hydrogens is 449 g/mol. The number of fused-ring (bicyclic) bond motifs is 3. The van der Waals surface area contributed by atoms with Crippen LogP contribution in [0.15, 0.2) is 64.4 Å². The fourth-order valence-electron chi connectivity index (χ4n) is 4.51. The SMILES string of the molecule is COc1ccc(C2CC(=O)N(CC3=CC(Br)CC=C3F)C2)c2c1oc1ccccc12. The lowest BCUT2D eigenvalue weighted by atomic mass is 9.93. The summed E-state index contributed by atoms with van der Waals surface area (Å²) >= 11 is 3.52. The van der Waals surface area contributed by atoms with E-state index >= 15 is 0 Å². The summed E-state index contributed by atoms with van der Waals surface area (Å²) in [5.74, 6) is 0.508. The minimum atomic E-state index is -0.227. The minimum Gasteiger partial charge on any atom is -0.493 e. The number of alkyl halides is 1. The third-order valence-electron chi connectivity index (χ3n) is 5.97. The molecule has 1 amide bonds. The molecule has 2 unspecified atom stereocenters. The van der Waals surface area contributed by atoms with Crippen LogP contribution in [0.5, 0.6) is 5.75 Å². The number of benzene rings is 2. The first-order valence-electron chi connectivity index (χ1n) is 10.0. The van der Waals surface area contributed by atoms with Crippen molar-refractivity contribution in [3.8, 4) is 5.75 Å². The highest BCUT2D eigenvalue weighted by atomic mass is 79.9. The summed E-state index contributed by atoms with van der Waals surface area (Å²) in [5.41, 5.74) is 3.14. The van der Waals surface area contributed by atoms with Crippen molar-refractivity contribution in [1.29, 1.82) is 0 Å². The van der Waals surface area contributed by atoms with Crippen LogP contribution in [0.1, 0.15) is 24.3 Å². The summed E-state index contributed by atoms with van der Waals surface area (Å²) in [4.78, 5) is 14.6. The van der Waals surface area contributed by atoms with Gasteiger partial charge in [-0.1, -0.05) is 46.3 Å². The molecule has 2 heterocycles. The zero-order valence-electron chi connectivity index (χ0n) is 16.5. The summed E-state index contributed by atoms with van der Waals surface area (Å²) in [6, 6.07) is 11.8. The van der Waals surface area contributed by atoms with Gasteiger partial charge in [0.2, 0.25) is 5.91 Å². The predicted molar refractivity (Wildman–Crippen MR) is 119 cm³/mol. The molecule has 30 heavy (non-hydrogen) atoms. The molecule has 5 rings (SSSR count). The molecule has 2 aliphatic rings. The average Bonchev–Trinajstić information content (AvgIpc) is 3.31. The Morgan fingerprint density at radius 2 is 2.10 bits per heavy atom. The maximum absolute atomic E-state index is 14.3. The predicted octanol–water partition coefficient (Wildman–Crippen LogP) is 5.86. The van der Waals surface area contributed by atoms with Crippen LogP contribution in [0.3, 0.4) is 0 Å². The molecule has 1 saturated heterocycles. The third-order valence-corrected chi connectivity index (χ3v) is 6.61. The number of ether oxygens (including phenoxy) is 1. The highest BCUT2D eigenvalue weighted by molar-refractivity contribution is 9.09. The zero-order chi connectivity index (χ0) is 20.8. The molecule has 0 radical (unpaired) electrons. The van der Waals surface area contributed by atoms with E-state index < -0.39 is 0 Å². The molecule has 2 aromatic carbocycles. The first-order chi connectivity index (χ1) is 14.5. The van der Waals surface area contributed by atoms with Gasteiger partial charge in [0.15, 0.2) is 11.3 Å². The van der Waals surface area contributed by atoms with Gasteiger partial charge in [-0.2, -0.15) is 0 Å². The Kier molecular flexibility index (Phi) is 4.89. The molecule has 3 aromatic rings. The lowest BCUT2D eigenvalue weighted by molar-refractivity contribution is -0.127. The van der Waals surface area contributed by atoms with Crippen molar-refractivity contribution in [2.75, 3.05) is 20.2 Å². The number of halogens is 2. The number of amides is 1. The topological polar surface area (TPSA) is 42.7 Å². The second-order valence-corrected chi connectivity index (χ2v) is 9.01. The van der Waals surface area contributed by atoms with Gasteiger partial charge in [0.1, 0.15) is 11.4 Å². The van der Waals surface area contributed by atoms with Crippen LogP contribution in [0.2, 0.25) is 0 Å². The van der Waals surface area contributed by atoms with Gasteiger partial charge in [-0.15, -0.1) is 0 Å². The largest absolute Gasteiger partial charge is 0.493 e. The number of rotatable bonds is 4. The lowest BCUT2D eigenvalue weighted by Gasteiger charge is -2.21. The molecule has 154 valence electrons. The number of carbonyl (C=O) groups is 1. The summed E-state index contributed by atoms with van der Waals surface area (Å²) in [6.07, 6.45) is 4.48. The Hall–Kier alpha value is -2.60. The van der Waals surface area contributed by atoms with E-state index in [1.807, 2.05) is 42.5 Å². The Bertz CT molecular complexity index is 1210. The highest BCUT2D eigenvalue weighted by Crippen LogP contribution is 2.42. The van der Waals surface area contributed by atoms with Crippen LogP contribution in [0.4, 0.5) is 4.39 Å². The summed E-state index contributed by atoms with van der Waals surface area (Å²) < 4.78 is 25.8. The van der Waals surface area contributed by atoms with Gasteiger partial charge < -0.3 is 14.1 Å². The number of allylic oxidation sites excluding steroid dienone is 2. The van der Waals surface area contributed by atoms with Crippen LogP contribution in [0.25, 0.3) is 21.9 Å². The van der Waals surface area contributed by atoms with Gasteiger partial charge in [-0.05, 0) is 30.2 Å². The fourth-order valence-corrected chi connectivity index (χ4v) is 5.02.